The number of aromatic nitrogens is 2. The number of nitrogens with one attached hydrogen (secondary N) is 2. The third-order valence-corrected chi connectivity index (χ3v) is 6.16. The van der Waals surface area contributed by atoms with Gasteiger partial charge in [0.2, 0.25) is 0 Å². The molecule has 3 aromatic heterocycles. The molecular formula is C19H14N2S2. The van der Waals surface area contributed by atoms with Gasteiger partial charge in [0.15, 0.2) is 0 Å². The zero-order valence-corrected chi connectivity index (χ0v) is 14.2. The normalized spacial score (nSPS) is 12.0. The van der Waals surface area contributed by atoms with Crippen LogP contribution in [0.15, 0.2) is 47.2 Å². The molecule has 5 rings (SSSR count). The van der Waals surface area contributed by atoms with Gasteiger partial charge in [-0.05, 0) is 52.9 Å². The number of H-pyrrole nitrogens is 2. The maximum absolute atomic E-state index is 3.93. The monoisotopic (exact) mass is 334 g/mol. The van der Waals surface area contributed by atoms with E-state index in [0.29, 0.717) is 0 Å². The molecule has 5 aromatic rings. The average molecular weight is 334 g/mol. The van der Waals surface area contributed by atoms with Crippen LogP contribution in [-0.4, -0.2) is 16.2 Å². The molecule has 3 heterocycles. The molecule has 0 aliphatic rings. The molecule has 4 heteroatoms. The van der Waals surface area contributed by atoms with E-state index in [-0.39, 0.29) is 0 Å². The van der Waals surface area contributed by atoms with Crippen LogP contribution >= 0.6 is 23.1 Å². The van der Waals surface area contributed by atoms with Crippen LogP contribution in [0, 0.1) is 0 Å². The average Bonchev–Trinajstić information content (AvgIpc) is 3.24. The second-order valence-electron chi connectivity index (χ2n) is 5.70. The number of fused-ring (bicyclic) bond motifs is 6. The number of benzene rings is 2. The van der Waals surface area contributed by atoms with E-state index in [2.05, 4.69) is 58.5 Å². The summed E-state index contributed by atoms with van der Waals surface area (Å²) in [5.41, 5.74) is 5.92. The van der Waals surface area contributed by atoms with Crippen molar-refractivity contribution in [1.82, 2.24) is 9.97 Å². The van der Waals surface area contributed by atoms with Gasteiger partial charge in [-0.1, -0.05) is 12.7 Å². The summed E-state index contributed by atoms with van der Waals surface area (Å²) in [6.07, 6.45) is 4.03. The van der Waals surface area contributed by atoms with Crippen molar-refractivity contribution in [3.63, 3.8) is 0 Å². The Kier molecular flexibility index (Phi) is 2.69. The quantitative estimate of drug-likeness (QED) is 0.360. The summed E-state index contributed by atoms with van der Waals surface area (Å²) in [6.45, 7) is 3.93. The minimum absolute atomic E-state index is 1.16. The molecule has 0 saturated heterocycles. The molecule has 112 valence electrons. The van der Waals surface area contributed by atoms with Crippen molar-refractivity contribution in [3.8, 4) is 0 Å². The van der Waals surface area contributed by atoms with E-state index in [9.17, 15) is 0 Å². The third kappa shape index (κ3) is 1.76. The fourth-order valence-electron chi connectivity index (χ4n) is 3.36. The molecular weight excluding hydrogens is 320 g/mol. The van der Waals surface area contributed by atoms with Crippen LogP contribution in [0.2, 0.25) is 0 Å². The van der Waals surface area contributed by atoms with E-state index in [1.54, 1.807) is 23.1 Å². The summed E-state index contributed by atoms with van der Waals surface area (Å²) in [5, 5.41) is 5.95. The van der Waals surface area contributed by atoms with Gasteiger partial charge in [-0.25, -0.2) is 0 Å². The summed E-state index contributed by atoms with van der Waals surface area (Å²) in [5.74, 6) is 0. The smallest absolute Gasteiger partial charge is 0.0725 e. The third-order valence-electron chi connectivity index (χ3n) is 4.49. The van der Waals surface area contributed by atoms with Crippen LogP contribution in [0.25, 0.3) is 49.0 Å². The molecule has 0 spiro atoms. The van der Waals surface area contributed by atoms with Gasteiger partial charge in [0.25, 0.3) is 0 Å². The summed E-state index contributed by atoms with van der Waals surface area (Å²) in [6, 6.07) is 11.2. The lowest BCUT2D eigenvalue weighted by Gasteiger charge is -2.03. The Bertz CT molecular complexity index is 1220. The Morgan fingerprint density at radius 2 is 1.78 bits per heavy atom. The number of thiophene rings is 1. The summed E-state index contributed by atoms with van der Waals surface area (Å²) >= 11 is 3.55. The van der Waals surface area contributed by atoms with E-state index in [0.717, 1.165) is 5.52 Å². The molecule has 0 bridgehead atoms. The van der Waals surface area contributed by atoms with Crippen molar-refractivity contribution >= 4 is 72.1 Å². The van der Waals surface area contributed by atoms with Crippen molar-refractivity contribution in [2.24, 2.45) is 0 Å². The van der Waals surface area contributed by atoms with Gasteiger partial charge in [0.1, 0.15) is 0 Å². The molecule has 2 aromatic carbocycles. The van der Waals surface area contributed by atoms with Gasteiger partial charge in [-0.3, -0.25) is 0 Å². The number of aromatic amines is 2. The van der Waals surface area contributed by atoms with E-state index in [1.165, 1.54) is 47.9 Å². The second-order valence-corrected chi connectivity index (χ2v) is 7.50. The van der Waals surface area contributed by atoms with Crippen LogP contribution in [0.3, 0.4) is 0 Å². The van der Waals surface area contributed by atoms with Crippen LogP contribution in [0.4, 0.5) is 0 Å². The molecule has 2 N–H and O–H groups in total. The lowest BCUT2D eigenvalue weighted by atomic mass is 10.1. The lowest BCUT2D eigenvalue weighted by Crippen LogP contribution is -1.80. The fourth-order valence-corrected chi connectivity index (χ4v) is 4.79. The highest BCUT2D eigenvalue weighted by molar-refractivity contribution is 7.98. The largest absolute Gasteiger partial charge is 0.353 e. The van der Waals surface area contributed by atoms with Crippen molar-refractivity contribution in [1.29, 1.82) is 0 Å². The highest BCUT2D eigenvalue weighted by atomic mass is 32.2. The number of rotatable bonds is 2. The minimum Gasteiger partial charge on any atom is -0.353 e. The molecule has 0 unspecified atom stereocenters. The van der Waals surface area contributed by atoms with E-state index in [1.807, 2.05) is 6.08 Å². The van der Waals surface area contributed by atoms with Gasteiger partial charge in [0.05, 0.1) is 11.0 Å². The predicted molar refractivity (Wildman–Crippen MR) is 105 cm³/mol. The van der Waals surface area contributed by atoms with E-state index in [4.69, 9.17) is 0 Å². The van der Waals surface area contributed by atoms with Gasteiger partial charge in [-0.15, -0.1) is 23.1 Å². The lowest BCUT2D eigenvalue weighted by molar-refractivity contribution is 1.45. The maximum Gasteiger partial charge on any atom is 0.0725 e. The molecule has 0 aliphatic carbocycles. The van der Waals surface area contributed by atoms with E-state index >= 15 is 0 Å². The molecule has 0 aliphatic heterocycles. The first-order valence-corrected chi connectivity index (χ1v) is 9.53. The van der Waals surface area contributed by atoms with Crippen molar-refractivity contribution in [2.45, 2.75) is 4.90 Å². The van der Waals surface area contributed by atoms with Crippen LogP contribution < -0.4 is 0 Å². The van der Waals surface area contributed by atoms with Crippen LogP contribution in [0.5, 0.6) is 0 Å². The maximum atomic E-state index is 3.93. The molecule has 2 nitrogen and oxygen atoms in total. The standard InChI is InChI=1S/C19H14N2S2/c1-3-10-6-14-12(8-16(10)22-2)18-19(20-14)13-9-17-11(4-5-23-17)7-15(13)21-18/h3-9,20-21H,1H2,2H3. The summed E-state index contributed by atoms with van der Waals surface area (Å²) < 4.78 is 1.33. The zero-order valence-electron chi connectivity index (χ0n) is 12.6. The van der Waals surface area contributed by atoms with E-state index < -0.39 is 0 Å². The fraction of sp³-hybridized carbons (Fsp3) is 0.0526. The second kappa shape index (κ2) is 4.66. The first kappa shape index (κ1) is 13.3. The molecule has 0 amide bonds. The van der Waals surface area contributed by atoms with Crippen LogP contribution in [0.1, 0.15) is 5.56 Å². The summed E-state index contributed by atoms with van der Waals surface area (Å²) in [4.78, 5) is 8.47. The Balaban J connectivity index is 1.94. The molecule has 23 heavy (non-hydrogen) atoms. The van der Waals surface area contributed by atoms with Crippen molar-refractivity contribution in [3.05, 3.63) is 47.9 Å². The number of hydrogen-bond acceptors (Lipinski definition) is 2. The Morgan fingerprint density at radius 3 is 2.52 bits per heavy atom. The highest BCUT2D eigenvalue weighted by Gasteiger charge is 2.13. The Labute approximate surface area is 141 Å². The Hall–Kier alpha value is -2.17. The SMILES string of the molecule is C=Cc1cc2[nH]c3c4cc5sccc5cc4[nH]c3c2cc1SC. The first-order valence-electron chi connectivity index (χ1n) is 7.43. The van der Waals surface area contributed by atoms with Gasteiger partial charge >= 0.3 is 0 Å². The topological polar surface area (TPSA) is 31.6 Å². The first-order chi connectivity index (χ1) is 11.3. The summed E-state index contributed by atoms with van der Waals surface area (Å²) in [7, 11) is 0. The number of hydrogen-bond donors (Lipinski definition) is 2. The van der Waals surface area contributed by atoms with Gasteiger partial charge in [0, 0.05) is 31.4 Å². The van der Waals surface area contributed by atoms with Crippen LogP contribution in [-0.2, 0) is 0 Å². The molecule has 0 saturated carbocycles. The molecule has 0 atom stereocenters. The minimum atomic E-state index is 1.16. The Morgan fingerprint density at radius 1 is 1.04 bits per heavy atom. The molecule has 0 fully saturated rings. The predicted octanol–water partition coefficient (Wildman–Crippen LogP) is 6.38. The van der Waals surface area contributed by atoms with Crippen molar-refractivity contribution in [2.75, 3.05) is 6.26 Å². The zero-order chi connectivity index (χ0) is 15.6. The van der Waals surface area contributed by atoms with Crippen molar-refractivity contribution < 1.29 is 0 Å². The highest BCUT2D eigenvalue weighted by Crippen LogP contribution is 2.37. The van der Waals surface area contributed by atoms with Gasteiger partial charge < -0.3 is 9.97 Å². The van der Waals surface area contributed by atoms with Gasteiger partial charge in [-0.2, -0.15) is 0 Å². The molecule has 0 radical (unpaired) electrons. The number of thioether (sulfide) groups is 1.